The Labute approximate surface area is 130 Å². The summed E-state index contributed by atoms with van der Waals surface area (Å²) in [4.78, 5) is 18.4. The lowest BCUT2D eigenvalue weighted by Gasteiger charge is -2.10. The molecule has 0 aliphatic heterocycles. The molecule has 3 N–H and O–H groups in total. The molecule has 1 aromatic carbocycles. The summed E-state index contributed by atoms with van der Waals surface area (Å²) in [5.41, 5.74) is 5.79. The lowest BCUT2D eigenvalue weighted by atomic mass is 10.3. The summed E-state index contributed by atoms with van der Waals surface area (Å²) < 4.78 is 13.7. The van der Waals surface area contributed by atoms with E-state index in [1.165, 1.54) is 12.1 Å². The fraction of sp³-hybridized carbons (Fsp3) is 0.231. The Morgan fingerprint density at radius 3 is 2.90 bits per heavy atom. The summed E-state index contributed by atoms with van der Waals surface area (Å²) in [6.07, 6.45) is 0. The second kappa shape index (κ2) is 6.28. The summed E-state index contributed by atoms with van der Waals surface area (Å²) >= 11 is 6.82. The number of rotatable bonds is 4. The molecule has 0 unspecified atom stereocenters. The molecule has 0 fully saturated rings. The van der Waals surface area contributed by atoms with Crippen molar-refractivity contribution in [3.8, 4) is 0 Å². The van der Waals surface area contributed by atoms with Crippen LogP contribution < -0.4 is 16.0 Å². The predicted molar refractivity (Wildman–Crippen MR) is 84.8 cm³/mol. The summed E-state index contributed by atoms with van der Waals surface area (Å²) in [6.45, 7) is 2.69. The number of hydrogen-bond donors (Lipinski definition) is 2. The van der Waals surface area contributed by atoms with E-state index in [-0.39, 0.29) is 21.4 Å². The maximum atomic E-state index is 13.7. The number of halogens is 2. The van der Waals surface area contributed by atoms with Gasteiger partial charge in [0.1, 0.15) is 16.5 Å². The van der Waals surface area contributed by atoms with Crippen molar-refractivity contribution in [2.75, 3.05) is 29.5 Å². The van der Waals surface area contributed by atoms with Crippen LogP contribution in [-0.2, 0) is 0 Å². The summed E-state index contributed by atoms with van der Waals surface area (Å²) in [7, 11) is 1.85. The smallest absolute Gasteiger partial charge is 0.269 e. The molecule has 21 heavy (non-hydrogen) atoms. The zero-order valence-corrected chi connectivity index (χ0v) is 13.1. The van der Waals surface area contributed by atoms with E-state index in [2.05, 4.69) is 10.3 Å². The van der Waals surface area contributed by atoms with E-state index < -0.39 is 11.7 Å². The van der Waals surface area contributed by atoms with Crippen LogP contribution >= 0.6 is 22.9 Å². The highest BCUT2D eigenvalue weighted by molar-refractivity contribution is 7.18. The lowest BCUT2D eigenvalue weighted by Crippen LogP contribution is -2.15. The Kier molecular flexibility index (Phi) is 4.64. The second-order valence-electron chi connectivity index (χ2n) is 4.30. The van der Waals surface area contributed by atoms with Crippen LogP contribution in [0.1, 0.15) is 16.6 Å². The van der Waals surface area contributed by atoms with E-state index in [1.807, 2.05) is 18.9 Å². The number of nitrogens with zero attached hydrogens (tertiary/aromatic N) is 2. The SMILES string of the molecule is CCN(C)c1nc(N)c(C(=O)Nc2ccc(Cl)cc2F)s1. The van der Waals surface area contributed by atoms with Gasteiger partial charge in [0.05, 0.1) is 5.69 Å². The summed E-state index contributed by atoms with van der Waals surface area (Å²) in [5, 5.41) is 3.36. The van der Waals surface area contributed by atoms with Gasteiger partial charge in [-0.2, -0.15) is 0 Å². The van der Waals surface area contributed by atoms with Gasteiger partial charge in [0, 0.05) is 18.6 Å². The average molecular weight is 329 g/mol. The van der Waals surface area contributed by atoms with E-state index in [0.29, 0.717) is 5.13 Å². The third-order valence-corrected chi connectivity index (χ3v) is 4.25. The zero-order valence-electron chi connectivity index (χ0n) is 11.5. The van der Waals surface area contributed by atoms with Crippen molar-refractivity contribution in [1.82, 2.24) is 4.98 Å². The van der Waals surface area contributed by atoms with E-state index in [0.717, 1.165) is 23.9 Å². The molecule has 2 rings (SSSR count). The van der Waals surface area contributed by atoms with Gasteiger partial charge >= 0.3 is 0 Å². The minimum absolute atomic E-state index is 0.0441. The molecular weight excluding hydrogens is 315 g/mol. The number of aromatic nitrogens is 1. The third kappa shape index (κ3) is 3.43. The molecule has 0 saturated heterocycles. The topological polar surface area (TPSA) is 71.2 Å². The number of nitrogens with two attached hydrogens (primary N) is 1. The van der Waals surface area contributed by atoms with Crippen LogP contribution in [0.2, 0.25) is 5.02 Å². The number of nitrogen functional groups attached to an aromatic ring is 1. The molecular formula is C13H14ClFN4OS. The Hall–Kier alpha value is -1.86. The van der Waals surface area contributed by atoms with Crippen LogP contribution in [0.5, 0.6) is 0 Å². The third-order valence-electron chi connectivity index (χ3n) is 2.83. The first kappa shape index (κ1) is 15.5. The van der Waals surface area contributed by atoms with Gasteiger partial charge in [-0.15, -0.1) is 0 Å². The number of thiazole rings is 1. The number of carbonyl (C=O) groups is 1. The standard InChI is InChI=1S/C13H14ClFN4OS/c1-3-19(2)13-18-11(16)10(21-13)12(20)17-9-5-4-7(14)6-8(9)15/h4-6H,3,16H2,1-2H3,(H,17,20). The molecule has 0 radical (unpaired) electrons. The van der Waals surface area contributed by atoms with Gasteiger partial charge in [0.25, 0.3) is 5.91 Å². The first-order chi connectivity index (χ1) is 9.92. The van der Waals surface area contributed by atoms with Gasteiger partial charge in [0.2, 0.25) is 0 Å². The van der Waals surface area contributed by atoms with Crippen molar-refractivity contribution >= 4 is 45.5 Å². The van der Waals surface area contributed by atoms with E-state index in [9.17, 15) is 9.18 Å². The fourth-order valence-corrected chi connectivity index (χ4v) is 2.62. The van der Waals surface area contributed by atoms with Gasteiger partial charge in [-0.1, -0.05) is 22.9 Å². The molecule has 8 heteroatoms. The van der Waals surface area contributed by atoms with E-state index >= 15 is 0 Å². The average Bonchev–Trinajstić information content (AvgIpc) is 2.83. The minimum atomic E-state index is -0.607. The zero-order chi connectivity index (χ0) is 15.6. The van der Waals surface area contributed by atoms with Crippen molar-refractivity contribution in [3.05, 3.63) is 33.9 Å². The number of nitrogens with one attached hydrogen (secondary N) is 1. The maximum absolute atomic E-state index is 13.7. The molecule has 1 amide bonds. The molecule has 1 heterocycles. The van der Waals surface area contributed by atoms with Crippen LogP contribution in [0.15, 0.2) is 18.2 Å². The molecule has 2 aromatic rings. The molecule has 0 aliphatic rings. The van der Waals surface area contributed by atoms with Gasteiger partial charge < -0.3 is 16.0 Å². The highest BCUT2D eigenvalue weighted by Gasteiger charge is 2.19. The normalized spacial score (nSPS) is 10.5. The van der Waals surface area contributed by atoms with Crippen LogP contribution in [0, 0.1) is 5.82 Å². The first-order valence-corrected chi connectivity index (χ1v) is 7.35. The maximum Gasteiger partial charge on any atom is 0.269 e. The van der Waals surface area contributed by atoms with Gasteiger partial charge in [0.15, 0.2) is 5.13 Å². The number of amides is 1. The van der Waals surface area contributed by atoms with Crippen molar-refractivity contribution in [2.24, 2.45) is 0 Å². The van der Waals surface area contributed by atoms with Crippen LogP contribution in [0.4, 0.5) is 21.0 Å². The Balaban J connectivity index is 2.22. The quantitative estimate of drug-likeness (QED) is 0.904. The molecule has 0 bridgehead atoms. The predicted octanol–water partition coefficient (Wildman–Crippen LogP) is 3.23. The van der Waals surface area contributed by atoms with Gasteiger partial charge in [-0.25, -0.2) is 9.37 Å². The lowest BCUT2D eigenvalue weighted by molar-refractivity contribution is 0.103. The van der Waals surface area contributed by atoms with E-state index in [1.54, 1.807) is 0 Å². The van der Waals surface area contributed by atoms with E-state index in [4.69, 9.17) is 17.3 Å². The molecule has 5 nitrogen and oxygen atoms in total. The highest BCUT2D eigenvalue weighted by atomic mass is 35.5. The van der Waals surface area contributed by atoms with Gasteiger partial charge in [-0.05, 0) is 25.1 Å². The van der Waals surface area contributed by atoms with Crippen molar-refractivity contribution in [3.63, 3.8) is 0 Å². The summed E-state index contributed by atoms with van der Waals surface area (Å²) in [6, 6.07) is 4.02. The van der Waals surface area contributed by atoms with Crippen molar-refractivity contribution < 1.29 is 9.18 Å². The van der Waals surface area contributed by atoms with Gasteiger partial charge in [-0.3, -0.25) is 4.79 Å². The van der Waals surface area contributed by atoms with Crippen molar-refractivity contribution in [2.45, 2.75) is 6.92 Å². The number of anilines is 3. The Bertz CT molecular complexity index is 676. The van der Waals surface area contributed by atoms with Crippen LogP contribution in [0.25, 0.3) is 0 Å². The molecule has 1 aromatic heterocycles. The molecule has 0 spiro atoms. The Morgan fingerprint density at radius 2 is 2.29 bits per heavy atom. The first-order valence-electron chi connectivity index (χ1n) is 6.16. The minimum Gasteiger partial charge on any atom is -0.382 e. The van der Waals surface area contributed by atoms with Crippen LogP contribution in [-0.4, -0.2) is 24.5 Å². The summed E-state index contributed by atoms with van der Waals surface area (Å²) in [5.74, 6) is -0.978. The van der Waals surface area contributed by atoms with Crippen molar-refractivity contribution in [1.29, 1.82) is 0 Å². The highest BCUT2D eigenvalue weighted by Crippen LogP contribution is 2.28. The number of carbonyl (C=O) groups excluding carboxylic acids is 1. The molecule has 0 saturated carbocycles. The largest absolute Gasteiger partial charge is 0.382 e. The molecule has 112 valence electrons. The molecule has 0 aliphatic carbocycles. The van der Waals surface area contributed by atoms with Crippen LogP contribution in [0.3, 0.4) is 0 Å². The number of hydrogen-bond acceptors (Lipinski definition) is 5. The Morgan fingerprint density at radius 1 is 1.57 bits per heavy atom. The number of benzene rings is 1. The molecule has 0 atom stereocenters. The monoisotopic (exact) mass is 328 g/mol. The fourth-order valence-electron chi connectivity index (χ4n) is 1.55. The second-order valence-corrected chi connectivity index (χ2v) is 5.72.